The fourth-order valence-corrected chi connectivity index (χ4v) is 5.05. The van der Waals surface area contributed by atoms with Crippen LogP contribution in [0, 0.1) is 0 Å². The molecule has 2 heterocycles. The van der Waals surface area contributed by atoms with Gasteiger partial charge in [-0.25, -0.2) is 0 Å². The normalized spacial score (nSPS) is 24.7. The highest BCUT2D eigenvalue weighted by molar-refractivity contribution is 5.78. The molecule has 3 aliphatic rings. The van der Waals surface area contributed by atoms with Gasteiger partial charge < -0.3 is 14.5 Å². The molecule has 0 bridgehead atoms. The molecular weight excluding hydrogens is 378 g/mol. The summed E-state index contributed by atoms with van der Waals surface area (Å²) < 4.78 is 5.35. The molecule has 2 aliphatic heterocycles. The highest BCUT2D eigenvalue weighted by Crippen LogP contribution is 2.42. The molecule has 2 fully saturated rings. The van der Waals surface area contributed by atoms with Gasteiger partial charge in [0.05, 0.1) is 25.3 Å². The van der Waals surface area contributed by atoms with E-state index in [4.69, 9.17) is 4.74 Å². The Morgan fingerprint density at radius 1 is 1.23 bits per heavy atom. The summed E-state index contributed by atoms with van der Waals surface area (Å²) in [5.41, 5.74) is 2.37. The Hall–Kier alpha value is -1.92. The molecule has 0 aromatic rings. The Bertz CT molecular complexity index is 721. The van der Waals surface area contributed by atoms with E-state index in [0.717, 1.165) is 45.2 Å². The second-order valence-electron chi connectivity index (χ2n) is 8.61. The van der Waals surface area contributed by atoms with Gasteiger partial charge in [0.15, 0.2) is 0 Å². The van der Waals surface area contributed by atoms with Crippen molar-refractivity contribution in [2.24, 2.45) is 0 Å². The van der Waals surface area contributed by atoms with Crippen molar-refractivity contribution >= 4 is 11.8 Å². The summed E-state index contributed by atoms with van der Waals surface area (Å²) in [5.74, 6) is 0.303. The summed E-state index contributed by atoms with van der Waals surface area (Å²) in [6, 6.07) is 0. The predicted molar refractivity (Wildman–Crippen MR) is 119 cm³/mol. The Kier molecular flexibility index (Phi) is 7.89. The molecule has 6 heteroatoms. The number of allylic oxidation sites excluding steroid dienone is 4. The summed E-state index contributed by atoms with van der Waals surface area (Å²) in [5, 5.41) is 0. The van der Waals surface area contributed by atoms with Crippen LogP contribution in [0.2, 0.25) is 0 Å². The number of ether oxygens (including phenoxy) is 1. The van der Waals surface area contributed by atoms with Crippen molar-refractivity contribution in [2.45, 2.75) is 51.5 Å². The highest BCUT2D eigenvalue weighted by Gasteiger charge is 2.42. The third-order valence-corrected chi connectivity index (χ3v) is 6.72. The summed E-state index contributed by atoms with van der Waals surface area (Å²) in [7, 11) is 2.01. The third-order valence-electron chi connectivity index (χ3n) is 6.72. The molecule has 3 rings (SSSR count). The van der Waals surface area contributed by atoms with Crippen molar-refractivity contribution in [3.8, 4) is 0 Å². The Morgan fingerprint density at radius 2 is 2.00 bits per heavy atom. The molecule has 0 N–H and O–H groups in total. The van der Waals surface area contributed by atoms with Crippen LogP contribution in [-0.2, 0) is 14.3 Å². The first-order valence-electron chi connectivity index (χ1n) is 11.4. The number of amides is 2. The number of hydrogen-bond acceptors (Lipinski definition) is 4. The molecule has 2 amide bonds. The van der Waals surface area contributed by atoms with Crippen LogP contribution in [0.4, 0.5) is 0 Å². The molecule has 1 atom stereocenters. The van der Waals surface area contributed by atoms with E-state index in [9.17, 15) is 9.59 Å². The second kappa shape index (κ2) is 10.4. The molecule has 166 valence electrons. The first-order valence-corrected chi connectivity index (χ1v) is 11.4. The van der Waals surface area contributed by atoms with Gasteiger partial charge >= 0.3 is 0 Å². The van der Waals surface area contributed by atoms with E-state index in [-0.39, 0.29) is 17.4 Å². The highest BCUT2D eigenvalue weighted by atomic mass is 16.5. The zero-order valence-corrected chi connectivity index (χ0v) is 18.9. The lowest BCUT2D eigenvalue weighted by molar-refractivity contribution is -0.137. The van der Waals surface area contributed by atoms with Gasteiger partial charge in [0.2, 0.25) is 11.8 Å². The van der Waals surface area contributed by atoms with E-state index in [0.29, 0.717) is 32.8 Å². The topological polar surface area (TPSA) is 53.1 Å². The molecule has 0 aromatic carbocycles. The molecule has 2 saturated heterocycles. The van der Waals surface area contributed by atoms with Gasteiger partial charge in [0.1, 0.15) is 0 Å². The number of likely N-dealkylation sites (tertiary alicyclic amines) is 1. The van der Waals surface area contributed by atoms with Crippen LogP contribution in [0.3, 0.4) is 0 Å². The van der Waals surface area contributed by atoms with E-state index in [1.807, 2.05) is 11.9 Å². The minimum Gasteiger partial charge on any atom is -0.378 e. The number of nitrogens with zero attached hydrogens (tertiary/aromatic N) is 3. The average molecular weight is 416 g/mol. The minimum absolute atomic E-state index is 0.142. The van der Waals surface area contributed by atoms with Crippen molar-refractivity contribution in [1.29, 1.82) is 0 Å². The summed E-state index contributed by atoms with van der Waals surface area (Å²) in [6.07, 6.45) is 13.5. The summed E-state index contributed by atoms with van der Waals surface area (Å²) in [4.78, 5) is 31.4. The largest absolute Gasteiger partial charge is 0.378 e. The number of carbonyl (C=O) groups is 2. The first-order chi connectivity index (χ1) is 14.5. The van der Waals surface area contributed by atoms with Crippen molar-refractivity contribution in [1.82, 2.24) is 14.7 Å². The van der Waals surface area contributed by atoms with Crippen molar-refractivity contribution in [3.63, 3.8) is 0 Å². The van der Waals surface area contributed by atoms with Crippen molar-refractivity contribution < 1.29 is 14.3 Å². The van der Waals surface area contributed by atoms with E-state index < -0.39 is 0 Å². The molecule has 30 heavy (non-hydrogen) atoms. The van der Waals surface area contributed by atoms with Crippen LogP contribution < -0.4 is 0 Å². The quantitative estimate of drug-likeness (QED) is 0.669. The zero-order chi connectivity index (χ0) is 21.6. The lowest BCUT2D eigenvalue weighted by Gasteiger charge is -2.45. The van der Waals surface area contributed by atoms with Crippen LogP contribution >= 0.6 is 0 Å². The van der Waals surface area contributed by atoms with Crippen LogP contribution in [0.1, 0.15) is 46.0 Å². The molecule has 0 aromatic heterocycles. The van der Waals surface area contributed by atoms with E-state index in [2.05, 4.69) is 41.0 Å². The summed E-state index contributed by atoms with van der Waals surface area (Å²) >= 11 is 0. The zero-order valence-electron chi connectivity index (χ0n) is 18.9. The van der Waals surface area contributed by atoms with Gasteiger partial charge in [-0.05, 0) is 50.3 Å². The molecule has 1 aliphatic carbocycles. The van der Waals surface area contributed by atoms with Crippen molar-refractivity contribution in [2.75, 3.05) is 53.0 Å². The molecule has 0 spiro atoms. The number of likely N-dealkylation sites (N-methyl/N-ethyl adjacent to an activating group) is 1. The van der Waals surface area contributed by atoms with E-state index in [1.54, 1.807) is 6.92 Å². The molecular formula is C24H37N3O3. The van der Waals surface area contributed by atoms with Gasteiger partial charge in [-0.2, -0.15) is 0 Å². The Balaban J connectivity index is 1.76. The van der Waals surface area contributed by atoms with Gasteiger partial charge in [-0.1, -0.05) is 31.2 Å². The third kappa shape index (κ3) is 5.03. The lowest BCUT2D eigenvalue weighted by Crippen LogP contribution is -2.53. The number of hydrogen-bond donors (Lipinski definition) is 0. The fraction of sp³-hybridized carbons (Fsp3) is 0.667. The minimum atomic E-state index is -0.309. The Labute approximate surface area is 181 Å². The predicted octanol–water partition coefficient (Wildman–Crippen LogP) is 2.77. The monoisotopic (exact) mass is 415 g/mol. The van der Waals surface area contributed by atoms with Gasteiger partial charge in [0, 0.05) is 33.1 Å². The number of carbonyl (C=O) groups excluding carboxylic acids is 2. The molecule has 0 radical (unpaired) electrons. The second-order valence-corrected chi connectivity index (χ2v) is 8.61. The first kappa shape index (κ1) is 22.8. The smallest absolute Gasteiger partial charge is 0.236 e. The maximum atomic E-state index is 12.7. The Morgan fingerprint density at radius 3 is 2.70 bits per heavy atom. The van der Waals surface area contributed by atoms with Crippen LogP contribution in [0.5, 0.6) is 0 Å². The number of fused-ring (bicyclic) bond motifs is 1. The van der Waals surface area contributed by atoms with E-state index in [1.165, 1.54) is 11.1 Å². The van der Waals surface area contributed by atoms with Crippen LogP contribution in [0.15, 0.2) is 35.5 Å². The van der Waals surface area contributed by atoms with Gasteiger partial charge in [0.25, 0.3) is 0 Å². The fourth-order valence-electron chi connectivity index (χ4n) is 5.05. The van der Waals surface area contributed by atoms with Crippen LogP contribution in [-0.4, -0.2) is 85.0 Å². The van der Waals surface area contributed by atoms with Gasteiger partial charge in [-0.3, -0.25) is 14.5 Å². The number of rotatable bonds is 6. The van der Waals surface area contributed by atoms with Gasteiger partial charge in [-0.15, -0.1) is 0 Å². The summed E-state index contributed by atoms with van der Waals surface area (Å²) in [6.45, 7) is 8.46. The number of morpholine rings is 1. The SMILES string of the molecule is CCC1(CCN(C)CC(=O)N2CCOCC2)C2=CCC=CC=C2CCCN1C(C)=O. The van der Waals surface area contributed by atoms with E-state index >= 15 is 0 Å². The van der Waals surface area contributed by atoms with Crippen molar-refractivity contribution in [3.05, 3.63) is 35.5 Å². The molecule has 1 unspecified atom stereocenters. The molecule has 6 nitrogen and oxygen atoms in total. The van der Waals surface area contributed by atoms with Crippen LogP contribution in [0.25, 0.3) is 0 Å². The standard InChI is InChI=1S/C24H37N3O3/c1-4-24(12-14-25(3)19-23(29)26-15-17-30-18-16-26)22-11-7-5-6-9-21(22)10-8-13-27(24)20(2)28/h5-6,9,11H,4,7-8,10,12-19H2,1-3H3. The lowest BCUT2D eigenvalue weighted by atomic mass is 9.78. The molecule has 0 saturated carbocycles. The average Bonchev–Trinajstić information content (AvgIpc) is 3.07. The maximum Gasteiger partial charge on any atom is 0.236 e. The maximum absolute atomic E-state index is 12.7.